The van der Waals surface area contributed by atoms with Crippen molar-refractivity contribution in [1.82, 2.24) is 20.9 Å². The van der Waals surface area contributed by atoms with Crippen LogP contribution in [0.25, 0.3) is 0 Å². The van der Waals surface area contributed by atoms with E-state index >= 15 is 0 Å². The molecular weight excluding hydrogens is 332 g/mol. The van der Waals surface area contributed by atoms with Crippen LogP contribution in [0.3, 0.4) is 0 Å². The highest BCUT2D eigenvalue weighted by atomic mass is 16.5. The van der Waals surface area contributed by atoms with E-state index in [0.717, 1.165) is 4.90 Å². The van der Waals surface area contributed by atoms with Gasteiger partial charge in [-0.05, 0) is 0 Å². The second kappa shape index (κ2) is 11.7. The van der Waals surface area contributed by atoms with Gasteiger partial charge in [0.1, 0.15) is 0 Å². The van der Waals surface area contributed by atoms with E-state index in [0.29, 0.717) is 19.5 Å². The van der Waals surface area contributed by atoms with Crippen molar-refractivity contribution in [2.45, 2.75) is 12.8 Å². The Kier molecular flexibility index (Phi) is 9.53. The quantitative estimate of drug-likeness (QED) is 0.193. The lowest BCUT2D eigenvalue weighted by atomic mass is 10.3. The molecule has 1 aliphatic heterocycles. The van der Waals surface area contributed by atoms with Gasteiger partial charge in [-0.3, -0.25) is 28.9 Å². The van der Waals surface area contributed by atoms with Gasteiger partial charge >= 0.3 is 0 Å². The van der Waals surface area contributed by atoms with Gasteiger partial charge in [-0.25, -0.2) is 0 Å². The zero-order valence-electron chi connectivity index (χ0n) is 13.8. The van der Waals surface area contributed by atoms with Gasteiger partial charge in [-0.1, -0.05) is 0 Å². The largest absolute Gasteiger partial charge is 0.379 e. The van der Waals surface area contributed by atoms with Crippen LogP contribution >= 0.6 is 0 Å². The highest BCUT2D eigenvalue weighted by Gasteiger charge is 2.23. The van der Waals surface area contributed by atoms with Gasteiger partial charge < -0.3 is 20.7 Å². The summed E-state index contributed by atoms with van der Waals surface area (Å²) in [5.74, 6) is -1.32. The lowest BCUT2D eigenvalue weighted by molar-refractivity contribution is -0.137. The number of carbonyl (C=O) groups excluding carboxylic acids is 5. The molecule has 0 radical (unpaired) electrons. The van der Waals surface area contributed by atoms with Crippen LogP contribution in [-0.2, 0) is 28.7 Å². The molecule has 0 fully saturated rings. The summed E-state index contributed by atoms with van der Waals surface area (Å²) < 4.78 is 5.22. The number of nitrogens with one attached hydrogen (secondary N) is 3. The van der Waals surface area contributed by atoms with Crippen LogP contribution in [0.4, 0.5) is 0 Å². The molecule has 0 aromatic carbocycles. The highest BCUT2D eigenvalue weighted by Crippen LogP contribution is 2.03. The third-order valence-electron chi connectivity index (χ3n) is 3.18. The van der Waals surface area contributed by atoms with Gasteiger partial charge in [0.2, 0.25) is 18.2 Å². The summed E-state index contributed by atoms with van der Waals surface area (Å²) in [5.41, 5.74) is 0. The molecule has 10 heteroatoms. The molecule has 1 rings (SSSR count). The van der Waals surface area contributed by atoms with Crippen LogP contribution < -0.4 is 16.0 Å². The molecular formula is C15H22N4O6. The van der Waals surface area contributed by atoms with Gasteiger partial charge in [0.15, 0.2) is 0 Å². The van der Waals surface area contributed by atoms with Crippen LogP contribution in [0.15, 0.2) is 12.2 Å². The maximum atomic E-state index is 11.6. The summed E-state index contributed by atoms with van der Waals surface area (Å²) in [4.78, 5) is 56.6. The first-order valence-electron chi connectivity index (χ1n) is 7.86. The monoisotopic (exact) mass is 354 g/mol. The number of carbonyl (C=O) groups is 5. The number of nitrogens with zero attached hydrogens (tertiary/aromatic N) is 1. The molecule has 0 aliphatic carbocycles. The Balaban J connectivity index is 1.96. The van der Waals surface area contributed by atoms with Crippen LogP contribution in [0.5, 0.6) is 0 Å². The minimum atomic E-state index is -0.415. The van der Waals surface area contributed by atoms with Crippen LogP contribution in [0, 0.1) is 0 Å². The molecule has 3 N–H and O–H groups in total. The van der Waals surface area contributed by atoms with E-state index < -0.39 is 11.8 Å². The predicted octanol–water partition coefficient (Wildman–Crippen LogP) is -2.31. The summed E-state index contributed by atoms with van der Waals surface area (Å²) in [5, 5.41) is 7.62. The average molecular weight is 354 g/mol. The third kappa shape index (κ3) is 8.61. The van der Waals surface area contributed by atoms with Crippen molar-refractivity contribution in [2.75, 3.05) is 39.4 Å². The Hall–Kier alpha value is -2.75. The number of amides is 5. The summed E-state index contributed by atoms with van der Waals surface area (Å²) in [6, 6.07) is 0. The first kappa shape index (κ1) is 20.3. The molecule has 0 aromatic heterocycles. The van der Waals surface area contributed by atoms with Gasteiger partial charge in [-0.2, -0.15) is 0 Å². The summed E-state index contributed by atoms with van der Waals surface area (Å²) >= 11 is 0. The Labute approximate surface area is 144 Å². The van der Waals surface area contributed by atoms with E-state index in [1.54, 1.807) is 0 Å². The van der Waals surface area contributed by atoms with Crippen molar-refractivity contribution in [1.29, 1.82) is 0 Å². The van der Waals surface area contributed by atoms with Crippen molar-refractivity contribution >= 4 is 30.0 Å². The van der Waals surface area contributed by atoms with Crippen LogP contribution in [0.2, 0.25) is 0 Å². The molecule has 0 bridgehead atoms. The molecule has 0 aromatic rings. The van der Waals surface area contributed by atoms with Crippen molar-refractivity contribution in [2.24, 2.45) is 0 Å². The van der Waals surface area contributed by atoms with E-state index in [1.807, 2.05) is 0 Å². The van der Waals surface area contributed by atoms with E-state index in [-0.39, 0.29) is 51.0 Å². The number of ether oxygens (including phenoxy) is 1. The fourth-order valence-electron chi connectivity index (χ4n) is 1.90. The summed E-state index contributed by atoms with van der Waals surface area (Å²) in [6.07, 6.45) is 3.10. The fourth-order valence-corrected chi connectivity index (χ4v) is 1.90. The third-order valence-corrected chi connectivity index (χ3v) is 3.18. The molecule has 25 heavy (non-hydrogen) atoms. The number of imide groups is 1. The topological polar surface area (TPSA) is 134 Å². The minimum Gasteiger partial charge on any atom is -0.379 e. The van der Waals surface area contributed by atoms with E-state index in [2.05, 4.69) is 16.0 Å². The Morgan fingerprint density at radius 1 is 0.960 bits per heavy atom. The predicted molar refractivity (Wildman–Crippen MR) is 86.0 cm³/mol. The summed E-state index contributed by atoms with van der Waals surface area (Å²) in [7, 11) is 0. The smallest absolute Gasteiger partial charge is 0.253 e. The molecule has 1 aliphatic rings. The van der Waals surface area contributed by atoms with E-state index in [4.69, 9.17) is 4.74 Å². The minimum absolute atomic E-state index is 0.0242. The van der Waals surface area contributed by atoms with E-state index in [1.165, 1.54) is 12.2 Å². The summed E-state index contributed by atoms with van der Waals surface area (Å²) in [6.45, 7) is 1.48. The molecule has 0 spiro atoms. The molecule has 0 unspecified atom stereocenters. The van der Waals surface area contributed by atoms with Crippen molar-refractivity contribution in [3.05, 3.63) is 12.2 Å². The van der Waals surface area contributed by atoms with Gasteiger partial charge in [0.25, 0.3) is 11.8 Å². The van der Waals surface area contributed by atoms with Crippen LogP contribution in [-0.4, -0.2) is 74.3 Å². The van der Waals surface area contributed by atoms with Crippen molar-refractivity contribution in [3.8, 4) is 0 Å². The fraction of sp³-hybridized carbons (Fsp3) is 0.533. The van der Waals surface area contributed by atoms with Crippen molar-refractivity contribution in [3.63, 3.8) is 0 Å². The normalized spacial score (nSPS) is 13.0. The zero-order valence-corrected chi connectivity index (χ0v) is 13.8. The molecule has 0 atom stereocenters. The lowest BCUT2D eigenvalue weighted by Gasteiger charge is -2.13. The standard InChI is InChI=1S/C15H22N4O6/c20-11-16-5-6-17-13(22)4-9-25-10-7-18-12(21)3-8-19-14(23)1-2-15(19)24/h1-2,11H,3-10H2,(H,16,20)(H,17,22)(H,18,21). The zero-order chi connectivity index (χ0) is 18.5. The number of rotatable bonds is 13. The maximum Gasteiger partial charge on any atom is 0.253 e. The van der Waals surface area contributed by atoms with E-state index in [9.17, 15) is 24.0 Å². The average Bonchev–Trinajstić information content (AvgIpc) is 2.91. The van der Waals surface area contributed by atoms with Crippen molar-refractivity contribution < 1.29 is 28.7 Å². The molecule has 0 saturated carbocycles. The molecule has 1 heterocycles. The molecule has 5 amide bonds. The number of hydrogen-bond acceptors (Lipinski definition) is 6. The molecule has 0 saturated heterocycles. The second-order valence-corrected chi connectivity index (χ2v) is 5.05. The Morgan fingerprint density at radius 2 is 1.60 bits per heavy atom. The van der Waals surface area contributed by atoms with Crippen LogP contribution in [0.1, 0.15) is 12.8 Å². The van der Waals surface area contributed by atoms with Gasteiger partial charge in [-0.15, -0.1) is 0 Å². The first-order valence-corrected chi connectivity index (χ1v) is 7.86. The lowest BCUT2D eigenvalue weighted by Crippen LogP contribution is -2.35. The van der Waals surface area contributed by atoms with Gasteiger partial charge in [0.05, 0.1) is 13.2 Å². The number of hydrogen-bond donors (Lipinski definition) is 3. The Bertz CT molecular complexity index is 516. The SMILES string of the molecule is O=CNCCNC(=O)CCOCCNC(=O)CCN1C(=O)C=CC1=O. The molecule has 138 valence electrons. The highest BCUT2D eigenvalue weighted by molar-refractivity contribution is 6.13. The first-order chi connectivity index (χ1) is 12.0. The molecule has 10 nitrogen and oxygen atoms in total. The van der Waals surface area contributed by atoms with Gasteiger partial charge in [0, 0.05) is 51.2 Å². The maximum absolute atomic E-state index is 11.6. The second-order valence-electron chi connectivity index (χ2n) is 5.05. The Morgan fingerprint density at radius 3 is 2.28 bits per heavy atom.